The van der Waals surface area contributed by atoms with Crippen molar-refractivity contribution in [1.82, 2.24) is 4.98 Å². The van der Waals surface area contributed by atoms with Crippen LogP contribution in [0.3, 0.4) is 0 Å². The second-order valence-electron chi connectivity index (χ2n) is 6.77. The van der Waals surface area contributed by atoms with E-state index in [0.29, 0.717) is 16.8 Å². The van der Waals surface area contributed by atoms with Crippen molar-refractivity contribution in [2.45, 2.75) is 20.3 Å². The first-order valence-corrected chi connectivity index (χ1v) is 8.98. The van der Waals surface area contributed by atoms with E-state index in [-0.39, 0.29) is 10.6 Å². The van der Waals surface area contributed by atoms with Crippen LogP contribution in [0.2, 0.25) is 0 Å². The zero-order valence-electron chi connectivity index (χ0n) is 15.5. The molecule has 1 aromatic heterocycles. The number of nitrogens with zero attached hydrogens (tertiary/aromatic N) is 2. The third kappa shape index (κ3) is 4.91. The molecule has 0 N–H and O–H groups in total. The van der Waals surface area contributed by atoms with Gasteiger partial charge in [-0.15, -0.1) is 0 Å². The Morgan fingerprint density at radius 2 is 1.85 bits per heavy atom. The van der Waals surface area contributed by atoms with E-state index in [1.807, 2.05) is 36.4 Å². The third-order valence-corrected chi connectivity index (χ3v) is 4.22. The van der Waals surface area contributed by atoms with Gasteiger partial charge in [0.15, 0.2) is 0 Å². The Kier molecular flexibility index (Phi) is 5.81. The standard InChI is InChI=1S/C22H22N2O3/c1-16(2)14-15-27-19-11-7-17(8-12-19)6-9-18-10-13-20-21(23-18)4-3-5-22(20)24(25)26/h3-13,16H,14-15H2,1-2H3. The predicted octanol–water partition coefficient (Wildman–Crippen LogP) is 5.74. The average molecular weight is 362 g/mol. The lowest BCUT2D eigenvalue weighted by molar-refractivity contribution is -0.383. The molecule has 0 aliphatic carbocycles. The number of pyridine rings is 1. The fraction of sp³-hybridized carbons (Fsp3) is 0.227. The maximum atomic E-state index is 11.1. The molecule has 0 amide bonds. The molecule has 3 rings (SSSR count). The minimum Gasteiger partial charge on any atom is -0.494 e. The average Bonchev–Trinajstić information content (AvgIpc) is 2.66. The molecule has 1 heterocycles. The van der Waals surface area contributed by atoms with E-state index in [1.54, 1.807) is 24.3 Å². The van der Waals surface area contributed by atoms with Gasteiger partial charge in [-0.25, -0.2) is 4.98 Å². The van der Waals surface area contributed by atoms with Crippen LogP contribution >= 0.6 is 0 Å². The lowest BCUT2D eigenvalue weighted by atomic mass is 10.1. The second-order valence-corrected chi connectivity index (χ2v) is 6.77. The van der Waals surface area contributed by atoms with Crippen LogP contribution in [0.15, 0.2) is 54.6 Å². The van der Waals surface area contributed by atoms with Crippen molar-refractivity contribution in [1.29, 1.82) is 0 Å². The zero-order valence-corrected chi connectivity index (χ0v) is 15.5. The monoisotopic (exact) mass is 362 g/mol. The molecule has 0 bridgehead atoms. The van der Waals surface area contributed by atoms with E-state index in [2.05, 4.69) is 18.8 Å². The molecule has 0 fully saturated rings. The SMILES string of the molecule is CC(C)CCOc1ccc(C=Cc2ccc3c([N+](=O)[O-])cccc3n2)cc1. The highest BCUT2D eigenvalue weighted by atomic mass is 16.6. The normalized spacial score (nSPS) is 11.4. The summed E-state index contributed by atoms with van der Waals surface area (Å²) in [6, 6.07) is 16.3. The van der Waals surface area contributed by atoms with Crippen molar-refractivity contribution in [2.75, 3.05) is 6.61 Å². The van der Waals surface area contributed by atoms with Gasteiger partial charge in [0.1, 0.15) is 5.75 Å². The van der Waals surface area contributed by atoms with Crippen molar-refractivity contribution in [2.24, 2.45) is 5.92 Å². The van der Waals surface area contributed by atoms with Gasteiger partial charge in [-0.1, -0.05) is 38.1 Å². The largest absolute Gasteiger partial charge is 0.494 e. The van der Waals surface area contributed by atoms with Crippen LogP contribution in [0.4, 0.5) is 5.69 Å². The van der Waals surface area contributed by atoms with Crippen LogP contribution in [-0.2, 0) is 0 Å². The van der Waals surface area contributed by atoms with E-state index >= 15 is 0 Å². The van der Waals surface area contributed by atoms with Gasteiger partial charge >= 0.3 is 0 Å². The van der Waals surface area contributed by atoms with Gasteiger partial charge in [0.25, 0.3) is 5.69 Å². The van der Waals surface area contributed by atoms with Gasteiger partial charge in [-0.2, -0.15) is 0 Å². The van der Waals surface area contributed by atoms with Crippen LogP contribution in [0.25, 0.3) is 23.1 Å². The molecule has 0 spiro atoms. The van der Waals surface area contributed by atoms with Crippen LogP contribution in [-0.4, -0.2) is 16.5 Å². The molecule has 3 aromatic rings. The Morgan fingerprint density at radius 1 is 1.07 bits per heavy atom. The van der Waals surface area contributed by atoms with Crippen molar-refractivity contribution < 1.29 is 9.66 Å². The molecule has 0 atom stereocenters. The lowest BCUT2D eigenvalue weighted by Gasteiger charge is -2.08. The summed E-state index contributed by atoms with van der Waals surface area (Å²) in [5, 5.41) is 11.6. The van der Waals surface area contributed by atoms with Gasteiger partial charge < -0.3 is 4.74 Å². The first-order valence-electron chi connectivity index (χ1n) is 8.98. The Balaban J connectivity index is 1.71. The highest BCUT2D eigenvalue weighted by Gasteiger charge is 2.11. The summed E-state index contributed by atoms with van der Waals surface area (Å²) in [6.45, 7) is 5.08. The maximum Gasteiger partial charge on any atom is 0.278 e. The number of nitro benzene ring substituents is 1. The number of ether oxygens (including phenoxy) is 1. The molecular weight excluding hydrogens is 340 g/mol. The Labute approximate surface area is 158 Å². The van der Waals surface area contributed by atoms with Gasteiger partial charge in [0.2, 0.25) is 0 Å². The maximum absolute atomic E-state index is 11.1. The highest BCUT2D eigenvalue weighted by molar-refractivity contribution is 5.88. The number of hydrogen-bond acceptors (Lipinski definition) is 4. The smallest absolute Gasteiger partial charge is 0.278 e. The molecule has 138 valence electrons. The molecule has 0 radical (unpaired) electrons. The summed E-state index contributed by atoms with van der Waals surface area (Å²) < 4.78 is 5.72. The molecule has 0 saturated heterocycles. The first kappa shape index (κ1) is 18.6. The van der Waals surface area contributed by atoms with E-state index in [0.717, 1.165) is 30.0 Å². The Hall–Kier alpha value is -3.21. The number of nitro groups is 1. The van der Waals surface area contributed by atoms with Gasteiger partial charge in [0.05, 0.1) is 28.1 Å². The van der Waals surface area contributed by atoms with Crippen LogP contribution < -0.4 is 4.74 Å². The quantitative estimate of drug-likeness (QED) is 0.397. The third-order valence-electron chi connectivity index (χ3n) is 4.22. The summed E-state index contributed by atoms with van der Waals surface area (Å²) in [5.74, 6) is 1.49. The van der Waals surface area contributed by atoms with E-state index in [4.69, 9.17) is 4.74 Å². The summed E-state index contributed by atoms with van der Waals surface area (Å²) in [6.07, 6.45) is 4.89. The molecule has 0 unspecified atom stereocenters. The van der Waals surface area contributed by atoms with Crippen molar-refractivity contribution in [3.63, 3.8) is 0 Å². The number of hydrogen-bond donors (Lipinski definition) is 0. The lowest BCUT2D eigenvalue weighted by Crippen LogP contribution is -2.01. The molecule has 0 saturated carbocycles. The summed E-state index contributed by atoms with van der Waals surface area (Å²) in [5.41, 5.74) is 2.47. The molecular formula is C22H22N2O3. The molecule has 2 aromatic carbocycles. The van der Waals surface area contributed by atoms with Gasteiger partial charge in [-0.3, -0.25) is 10.1 Å². The van der Waals surface area contributed by atoms with Gasteiger partial charge in [-0.05, 0) is 54.3 Å². The molecule has 5 nitrogen and oxygen atoms in total. The number of aromatic nitrogens is 1. The minimum absolute atomic E-state index is 0.0728. The summed E-state index contributed by atoms with van der Waals surface area (Å²) >= 11 is 0. The van der Waals surface area contributed by atoms with E-state index in [9.17, 15) is 10.1 Å². The first-order chi connectivity index (χ1) is 13.0. The number of fused-ring (bicyclic) bond motifs is 1. The molecule has 27 heavy (non-hydrogen) atoms. The Bertz CT molecular complexity index is 963. The number of rotatable bonds is 7. The van der Waals surface area contributed by atoms with E-state index < -0.39 is 0 Å². The molecule has 5 heteroatoms. The summed E-state index contributed by atoms with van der Waals surface area (Å²) in [4.78, 5) is 15.2. The van der Waals surface area contributed by atoms with Crippen molar-refractivity contribution in [3.8, 4) is 5.75 Å². The molecule has 0 aliphatic heterocycles. The molecule has 0 aliphatic rings. The van der Waals surface area contributed by atoms with Crippen LogP contribution in [0.1, 0.15) is 31.5 Å². The fourth-order valence-electron chi connectivity index (χ4n) is 2.68. The highest BCUT2D eigenvalue weighted by Crippen LogP contribution is 2.24. The minimum atomic E-state index is -0.385. The fourth-order valence-corrected chi connectivity index (χ4v) is 2.68. The predicted molar refractivity (Wildman–Crippen MR) is 109 cm³/mol. The van der Waals surface area contributed by atoms with Crippen molar-refractivity contribution in [3.05, 3.63) is 76.0 Å². The number of benzene rings is 2. The van der Waals surface area contributed by atoms with E-state index in [1.165, 1.54) is 6.07 Å². The zero-order chi connectivity index (χ0) is 19.2. The van der Waals surface area contributed by atoms with Crippen LogP contribution in [0.5, 0.6) is 5.75 Å². The van der Waals surface area contributed by atoms with Gasteiger partial charge in [0, 0.05) is 6.07 Å². The second kappa shape index (κ2) is 8.45. The topological polar surface area (TPSA) is 65.3 Å². The van der Waals surface area contributed by atoms with Crippen LogP contribution in [0, 0.1) is 16.0 Å². The Morgan fingerprint density at radius 3 is 2.56 bits per heavy atom. The van der Waals surface area contributed by atoms with Crippen molar-refractivity contribution >= 4 is 28.7 Å². The number of non-ortho nitro benzene ring substituents is 1. The summed E-state index contributed by atoms with van der Waals surface area (Å²) in [7, 11) is 0.